The molecule has 0 aromatic rings. The number of hydrogen-bond acceptors (Lipinski definition) is 1. The summed E-state index contributed by atoms with van der Waals surface area (Å²) in [5, 5.41) is 8.19. The molecule has 0 saturated heterocycles. The minimum atomic E-state index is 0.235. The minimum absolute atomic E-state index is 0.235. The molecule has 0 spiro atoms. The first kappa shape index (κ1) is 9.28. The van der Waals surface area contributed by atoms with E-state index in [1.165, 1.54) is 21.8 Å². The van der Waals surface area contributed by atoms with Crippen LogP contribution in [0.3, 0.4) is 0 Å². The summed E-state index contributed by atoms with van der Waals surface area (Å²) >= 11 is 0.235. The van der Waals surface area contributed by atoms with Crippen molar-refractivity contribution in [2.45, 2.75) is 35.1 Å². The Morgan fingerprint density at radius 3 is 2.78 bits per heavy atom. The van der Waals surface area contributed by atoms with Crippen molar-refractivity contribution in [3.05, 3.63) is 0 Å². The van der Waals surface area contributed by atoms with Crippen LogP contribution in [0.1, 0.15) is 26.2 Å². The van der Waals surface area contributed by atoms with Crippen LogP contribution < -0.4 is 0 Å². The molecule has 0 fully saturated rings. The molecule has 52 valence electrons. The van der Waals surface area contributed by atoms with E-state index in [1.807, 2.05) is 0 Å². The zero-order valence-electron chi connectivity index (χ0n) is 5.89. The van der Waals surface area contributed by atoms with E-state index < -0.39 is 0 Å². The van der Waals surface area contributed by atoms with E-state index in [9.17, 15) is 0 Å². The summed E-state index contributed by atoms with van der Waals surface area (Å²) in [4.78, 5) is 0. The standard InChI is InChI=1S/C7H13NTe/c1-2-3-6-9-7-4-5-8/h2-4,6-7H2,1H3. The van der Waals surface area contributed by atoms with Crippen molar-refractivity contribution in [3.63, 3.8) is 0 Å². The van der Waals surface area contributed by atoms with Crippen LogP contribution in [0.4, 0.5) is 0 Å². The van der Waals surface area contributed by atoms with Crippen molar-refractivity contribution >= 4 is 20.9 Å². The predicted molar refractivity (Wildman–Crippen MR) is 40.5 cm³/mol. The van der Waals surface area contributed by atoms with Gasteiger partial charge in [0.2, 0.25) is 0 Å². The summed E-state index contributed by atoms with van der Waals surface area (Å²) in [6.45, 7) is 2.22. The van der Waals surface area contributed by atoms with Crippen LogP contribution in [0.5, 0.6) is 0 Å². The van der Waals surface area contributed by atoms with Crippen LogP contribution >= 0.6 is 0 Å². The Morgan fingerprint density at radius 2 is 2.22 bits per heavy atom. The van der Waals surface area contributed by atoms with Gasteiger partial charge in [0.25, 0.3) is 0 Å². The summed E-state index contributed by atoms with van der Waals surface area (Å²) in [5.41, 5.74) is 0. The van der Waals surface area contributed by atoms with Gasteiger partial charge in [0, 0.05) is 0 Å². The normalized spacial score (nSPS) is 8.89. The summed E-state index contributed by atoms with van der Waals surface area (Å²) < 4.78 is 2.66. The van der Waals surface area contributed by atoms with Gasteiger partial charge < -0.3 is 0 Å². The van der Waals surface area contributed by atoms with Crippen molar-refractivity contribution in [1.29, 1.82) is 5.26 Å². The third-order valence-electron chi connectivity index (χ3n) is 1.00. The van der Waals surface area contributed by atoms with E-state index >= 15 is 0 Å². The molecular formula is C7H13NTe. The summed E-state index contributed by atoms with van der Waals surface area (Å²) in [7, 11) is 0. The third-order valence-corrected chi connectivity index (χ3v) is 4.05. The number of hydrogen-bond donors (Lipinski definition) is 0. The van der Waals surface area contributed by atoms with Gasteiger partial charge in [-0.05, 0) is 0 Å². The van der Waals surface area contributed by atoms with Crippen molar-refractivity contribution in [2.24, 2.45) is 0 Å². The number of nitrogens with zero attached hydrogens (tertiary/aromatic N) is 1. The van der Waals surface area contributed by atoms with Crippen LogP contribution in [0, 0.1) is 11.3 Å². The van der Waals surface area contributed by atoms with Gasteiger partial charge in [-0.15, -0.1) is 0 Å². The molecule has 0 atom stereocenters. The number of unbranched alkanes of at least 4 members (excludes halogenated alkanes) is 1. The second-order valence-corrected chi connectivity index (χ2v) is 5.37. The van der Waals surface area contributed by atoms with Crippen molar-refractivity contribution in [3.8, 4) is 6.07 Å². The van der Waals surface area contributed by atoms with E-state index in [-0.39, 0.29) is 20.9 Å². The molecule has 0 amide bonds. The van der Waals surface area contributed by atoms with Gasteiger partial charge in [0.1, 0.15) is 0 Å². The predicted octanol–water partition coefficient (Wildman–Crippen LogP) is 2.24. The fraction of sp³-hybridized carbons (Fsp3) is 0.857. The van der Waals surface area contributed by atoms with Crippen molar-refractivity contribution < 1.29 is 0 Å². The SMILES string of the molecule is CCCC[Te]CCC#N. The van der Waals surface area contributed by atoms with Crippen LogP contribution in [0.15, 0.2) is 0 Å². The molecule has 0 aliphatic carbocycles. The van der Waals surface area contributed by atoms with E-state index in [4.69, 9.17) is 5.26 Å². The van der Waals surface area contributed by atoms with Gasteiger partial charge in [-0.25, -0.2) is 0 Å². The average Bonchev–Trinajstić information content (AvgIpc) is 1.89. The molecule has 0 unspecified atom stereocenters. The second kappa shape index (κ2) is 8.28. The summed E-state index contributed by atoms with van der Waals surface area (Å²) in [5.74, 6) is 0. The van der Waals surface area contributed by atoms with E-state index in [0.29, 0.717) is 0 Å². The Bertz CT molecular complexity index is 85.4. The molecule has 0 aromatic heterocycles. The fourth-order valence-corrected chi connectivity index (χ4v) is 3.13. The van der Waals surface area contributed by atoms with Crippen molar-refractivity contribution in [1.82, 2.24) is 0 Å². The molecule has 0 heterocycles. The Hall–Kier alpha value is 0.280. The van der Waals surface area contributed by atoms with Gasteiger partial charge in [-0.2, -0.15) is 0 Å². The summed E-state index contributed by atoms with van der Waals surface area (Å²) in [6, 6.07) is 2.18. The molecule has 0 aromatic carbocycles. The molecule has 0 radical (unpaired) electrons. The van der Waals surface area contributed by atoms with Gasteiger partial charge in [-0.1, -0.05) is 0 Å². The first-order valence-electron chi connectivity index (χ1n) is 3.36. The molecule has 0 rings (SSSR count). The van der Waals surface area contributed by atoms with Crippen LogP contribution in [-0.2, 0) is 0 Å². The third kappa shape index (κ3) is 8.28. The number of nitriles is 1. The zero-order chi connectivity index (χ0) is 6.95. The van der Waals surface area contributed by atoms with Crippen LogP contribution in [-0.4, -0.2) is 20.9 Å². The molecule has 0 saturated carbocycles. The van der Waals surface area contributed by atoms with E-state index in [1.54, 1.807) is 0 Å². The van der Waals surface area contributed by atoms with Gasteiger partial charge in [0.15, 0.2) is 0 Å². The quantitative estimate of drug-likeness (QED) is 0.533. The Morgan fingerprint density at radius 1 is 1.44 bits per heavy atom. The van der Waals surface area contributed by atoms with E-state index in [2.05, 4.69) is 13.0 Å². The zero-order valence-corrected chi connectivity index (χ0v) is 8.22. The maximum atomic E-state index is 8.19. The molecule has 0 N–H and O–H groups in total. The van der Waals surface area contributed by atoms with Gasteiger partial charge in [0.05, 0.1) is 0 Å². The molecule has 0 aliphatic rings. The molecule has 9 heavy (non-hydrogen) atoms. The number of rotatable bonds is 5. The second-order valence-electron chi connectivity index (χ2n) is 1.87. The topological polar surface area (TPSA) is 23.8 Å². The Balaban J connectivity index is 2.69. The fourth-order valence-electron chi connectivity index (χ4n) is 0.466. The van der Waals surface area contributed by atoms with E-state index in [0.717, 1.165) is 6.42 Å². The average molecular weight is 239 g/mol. The van der Waals surface area contributed by atoms with Crippen LogP contribution in [0.25, 0.3) is 0 Å². The maximum absolute atomic E-state index is 8.19. The molecule has 1 nitrogen and oxygen atoms in total. The molecular weight excluding hydrogens is 226 g/mol. The molecule has 2 heteroatoms. The van der Waals surface area contributed by atoms with Crippen molar-refractivity contribution in [2.75, 3.05) is 0 Å². The molecule has 0 bridgehead atoms. The first-order chi connectivity index (χ1) is 4.41. The Labute approximate surface area is 67.5 Å². The van der Waals surface area contributed by atoms with Crippen LogP contribution in [0.2, 0.25) is 8.94 Å². The first-order valence-corrected chi connectivity index (χ1v) is 6.66. The monoisotopic (exact) mass is 241 g/mol. The molecule has 0 aliphatic heterocycles. The van der Waals surface area contributed by atoms with Gasteiger partial charge >= 0.3 is 67.4 Å². The van der Waals surface area contributed by atoms with Gasteiger partial charge in [-0.3, -0.25) is 0 Å². The Kier molecular flexibility index (Phi) is 8.54. The summed E-state index contributed by atoms with van der Waals surface area (Å²) in [6.07, 6.45) is 3.50.